The van der Waals surface area contributed by atoms with Gasteiger partial charge in [-0.3, -0.25) is 9.89 Å². The second-order valence-electron chi connectivity index (χ2n) is 8.47. The predicted octanol–water partition coefficient (Wildman–Crippen LogP) is 2.05. The van der Waals surface area contributed by atoms with Crippen LogP contribution in [-0.4, -0.2) is 105 Å². The second kappa shape index (κ2) is 14.3. The first-order valence-electron chi connectivity index (χ1n) is 11.3. The van der Waals surface area contributed by atoms with Crippen LogP contribution in [0.2, 0.25) is 0 Å². The number of piperazine rings is 1. The van der Waals surface area contributed by atoms with Gasteiger partial charge in [0, 0.05) is 57.9 Å². The summed E-state index contributed by atoms with van der Waals surface area (Å²) in [4.78, 5) is 23.6. The zero-order valence-electron chi connectivity index (χ0n) is 19.5. The lowest BCUT2D eigenvalue weighted by Crippen LogP contribution is -2.52. The van der Waals surface area contributed by atoms with Gasteiger partial charge < -0.3 is 25.2 Å². The summed E-state index contributed by atoms with van der Waals surface area (Å²) in [7, 11) is 2.19. The van der Waals surface area contributed by atoms with Crippen LogP contribution in [0, 0.1) is 5.92 Å². The molecule has 0 radical (unpaired) electrons. The van der Waals surface area contributed by atoms with E-state index in [1.807, 2.05) is 6.92 Å². The number of ether oxygens (including phenoxy) is 1. The molecule has 0 saturated carbocycles. The number of likely N-dealkylation sites (N-methyl/N-ethyl adjacent to an activating group) is 1. The average molecular weight is 539 g/mol. The minimum Gasteiger partial charge on any atom is -0.450 e. The normalized spacial score (nSPS) is 20.6. The molecule has 2 fully saturated rings. The third kappa shape index (κ3) is 8.74. The molecule has 1 amide bonds. The lowest BCUT2D eigenvalue weighted by Gasteiger charge is -2.39. The van der Waals surface area contributed by atoms with Crippen molar-refractivity contribution < 1.29 is 9.53 Å². The smallest absolute Gasteiger partial charge is 0.409 e. The maximum Gasteiger partial charge on any atom is 0.409 e. The van der Waals surface area contributed by atoms with Gasteiger partial charge in [-0.25, -0.2) is 4.79 Å². The Balaban J connectivity index is 0.00000450. The van der Waals surface area contributed by atoms with Gasteiger partial charge in [0.2, 0.25) is 0 Å². The molecule has 0 aromatic carbocycles. The fraction of sp³-hybridized carbons (Fsp3) is 0.905. The molecule has 2 aliphatic heterocycles. The van der Waals surface area contributed by atoms with Crippen molar-refractivity contribution in [1.29, 1.82) is 0 Å². The van der Waals surface area contributed by atoms with E-state index in [-0.39, 0.29) is 30.1 Å². The van der Waals surface area contributed by atoms with Gasteiger partial charge in [-0.15, -0.1) is 24.0 Å². The van der Waals surface area contributed by atoms with Crippen LogP contribution in [0.15, 0.2) is 4.99 Å². The lowest BCUT2D eigenvalue weighted by atomic mass is 10.0. The van der Waals surface area contributed by atoms with E-state index in [1.54, 1.807) is 4.90 Å². The summed E-state index contributed by atoms with van der Waals surface area (Å²) < 4.78 is 5.11. The number of halogens is 1. The standard InChI is InChI=1S/C21H42N6O2.HI/c1-6-22-20(24-18-8-10-27(11-9-18)21(28)29-7-2)23-16-19(17(3)4)26-14-12-25(5)13-15-26;/h17-19H,6-16H2,1-5H3,(H2,22,23,24);1H. The Morgan fingerprint density at radius 2 is 1.73 bits per heavy atom. The molecule has 0 aromatic rings. The van der Waals surface area contributed by atoms with Crippen LogP contribution in [0.3, 0.4) is 0 Å². The highest BCUT2D eigenvalue weighted by atomic mass is 127. The molecule has 9 heteroatoms. The minimum atomic E-state index is -0.196. The molecular weight excluding hydrogens is 495 g/mol. The summed E-state index contributed by atoms with van der Waals surface area (Å²) in [5, 5.41) is 6.98. The second-order valence-corrected chi connectivity index (χ2v) is 8.47. The molecule has 0 aliphatic carbocycles. The van der Waals surface area contributed by atoms with Crippen LogP contribution in [0.5, 0.6) is 0 Å². The maximum absolute atomic E-state index is 11.9. The van der Waals surface area contributed by atoms with Crippen molar-refractivity contribution in [2.45, 2.75) is 52.6 Å². The van der Waals surface area contributed by atoms with Gasteiger partial charge in [0.05, 0.1) is 13.2 Å². The quantitative estimate of drug-likeness (QED) is 0.294. The predicted molar refractivity (Wildman–Crippen MR) is 134 cm³/mol. The summed E-state index contributed by atoms with van der Waals surface area (Å²) in [6.45, 7) is 16.6. The Hall–Kier alpha value is -0.810. The first kappa shape index (κ1) is 27.2. The maximum atomic E-state index is 11.9. The van der Waals surface area contributed by atoms with Crippen LogP contribution in [-0.2, 0) is 4.74 Å². The SMILES string of the molecule is CCNC(=NCC(C(C)C)N1CCN(C)CC1)NC1CCN(C(=O)OCC)CC1.I. The van der Waals surface area contributed by atoms with Crippen molar-refractivity contribution in [2.24, 2.45) is 10.9 Å². The first-order chi connectivity index (χ1) is 13.9. The number of nitrogens with one attached hydrogen (secondary N) is 2. The Labute approximate surface area is 200 Å². The van der Waals surface area contributed by atoms with E-state index in [2.05, 4.69) is 48.3 Å². The number of carbonyl (C=O) groups excluding carboxylic acids is 1. The van der Waals surface area contributed by atoms with Crippen LogP contribution in [0.25, 0.3) is 0 Å². The van der Waals surface area contributed by atoms with Crippen molar-refractivity contribution in [1.82, 2.24) is 25.3 Å². The molecule has 8 nitrogen and oxygen atoms in total. The summed E-state index contributed by atoms with van der Waals surface area (Å²) in [6, 6.07) is 0.796. The number of nitrogens with zero attached hydrogens (tertiary/aromatic N) is 4. The highest BCUT2D eigenvalue weighted by Gasteiger charge is 2.26. The van der Waals surface area contributed by atoms with Gasteiger partial charge in [-0.1, -0.05) is 13.8 Å². The number of hydrogen-bond donors (Lipinski definition) is 2. The van der Waals surface area contributed by atoms with E-state index < -0.39 is 0 Å². The van der Waals surface area contributed by atoms with E-state index in [0.29, 0.717) is 24.6 Å². The van der Waals surface area contributed by atoms with E-state index >= 15 is 0 Å². The number of likely N-dealkylation sites (tertiary alicyclic amines) is 1. The lowest BCUT2D eigenvalue weighted by molar-refractivity contribution is 0.0923. The number of carbonyl (C=O) groups is 1. The van der Waals surface area contributed by atoms with E-state index in [4.69, 9.17) is 9.73 Å². The third-order valence-electron chi connectivity index (χ3n) is 5.92. The molecule has 1 atom stereocenters. The molecule has 0 spiro atoms. The summed E-state index contributed by atoms with van der Waals surface area (Å²) >= 11 is 0. The third-order valence-corrected chi connectivity index (χ3v) is 5.92. The number of aliphatic imine (C=N–C) groups is 1. The summed E-state index contributed by atoms with van der Waals surface area (Å²) in [5.41, 5.74) is 0. The highest BCUT2D eigenvalue weighted by molar-refractivity contribution is 14.0. The van der Waals surface area contributed by atoms with E-state index in [9.17, 15) is 4.79 Å². The van der Waals surface area contributed by atoms with Crippen molar-refractivity contribution in [3.63, 3.8) is 0 Å². The van der Waals surface area contributed by atoms with Gasteiger partial charge >= 0.3 is 6.09 Å². The molecule has 30 heavy (non-hydrogen) atoms. The fourth-order valence-corrected chi connectivity index (χ4v) is 4.02. The average Bonchev–Trinajstić information content (AvgIpc) is 2.70. The van der Waals surface area contributed by atoms with Gasteiger partial charge in [0.15, 0.2) is 5.96 Å². The molecule has 2 rings (SSSR count). The molecule has 2 saturated heterocycles. The highest BCUT2D eigenvalue weighted by Crippen LogP contribution is 2.15. The van der Waals surface area contributed by atoms with E-state index in [0.717, 1.165) is 71.2 Å². The first-order valence-corrected chi connectivity index (χ1v) is 11.3. The zero-order chi connectivity index (χ0) is 21.2. The summed E-state index contributed by atoms with van der Waals surface area (Å²) in [6.07, 6.45) is 1.63. The molecule has 2 N–H and O–H groups in total. The van der Waals surface area contributed by atoms with Crippen LogP contribution in [0.4, 0.5) is 4.79 Å². The fourth-order valence-electron chi connectivity index (χ4n) is 4.02. The van der Waals surface area contributed by atoms with Crippen LogP contribution in [0.1, 0.15) is 40.5 Å². The minimum absolute atomic E-state index is 0. The molecular formula is C21H43IN6O2. The van der Waals surface area contributed by atoms with Crippen LogP contribution >= 0.6 is 24.0 Å². The van der Waals surface area contributed by atoms with Crippen LogP contribution < -0.4 is 10.6 Å². The number of guanidine groups is 1. The van der Waals surface area contributed by atoms with Gasteiger partial charge in [-0.05, 0) is 39.7 Å². The molecule has 1 unspecified atom stereocenters. The van der Waals surface area contributed by atoms with Crippen molar-refractivity contribution in [2.75, 3.05) is 66.0 Å². The Morgan fingerprint density at radius 1 is 1.10 bits per heavy atom. The van der Waals surface area contributed by atoms with Gasteiger partial charge in [-0.2, -0.15) is 0 Å². The number of piperidine rings is 1. The number of amides is 1. The number of rotatable bonds is 7. The molecule has 0 aromatic heterocycles. The summed E-state index contributed by atoms with van der Waals surface area (Å²) in [5.74, 6) is 1.46. The van der Waals surface area contributed by atoms with Crippen molar-refractivity contribution in [3.8, 4) is 0 Å². The van der Waals surface area contributed by atoms with E-state index in [1.165, 1.54) is 0 Å². The Bertz CT molecular complexity index is 518. The van der Waals surface area contributed by atoms with Crippen molar-refractivity contribution >= 4 is 36.0 Å². The Kier molecular flexibility index (Phi) is 13.0. The Morgan fingerprint density at radius 3 is 2.27 bits per heavy atom. The van der Waals surface area contributed by atoms with Crippen molar-refractivity contribution in [3.05, 3.63) is 0 Å². The molecule has 0 bridgehead atoms. The van der Waals surface area contributed by atoms with Gasteiger partial charge in [0.1, 0.15) is 0 Å². The van der Waals surface area contributed by atoms with Gasteiger partial charge in [0.25, 0.3) is 0 Å². The molecule has 2 heterocycles. The topological polar surface area (TPSA) is 72.4 Å². The molecule has 176 valence electrons. The molecule has 2 aliphatic rings. The zero-order valence-corrected chi connectivity index (χ0v) is 21.9. The largest absolute Gasteiger partial charge is 0.450 e. The number of hydrogen-bond acceptors (Lipinski definition) is 5. The monoisotopic (exact) mass is 538 g/mol.